The first-order valence-electron chi connectivity index (χ1n) is 12.1. The third-order valence-corrected chi connectivity index (χ3v) is 5.93. The minimum atomic E-state index is -0.767. The highest BCUT2D eigenvalue weighted by Gasteiger charge is 2.38. The van der Waals surface area contributed by atoms with Gasteiger partial charge in [-0.25, -0.2) is 9.18 Å². The molecule has 3 rings (SSSR count). The maximum atomic E-state index is 13.6. The van der Waals surface area contributed by atoms with Gasteiger partial charge in [0.05, 0.1) is 5.02 Å². The first-order valence-corrected chi connectivity index (χ1v) is 12.4. The number of halogens is 2. The van der Waals surface area contributed by atoms with Crippen LogP contribution in [-0.4, -0.2) is 53.6 Å². The van der Waals surface area contributed by atoms with E-state index in [0.29, 0.717) is 18.5 Å². The van der Waals surface area contributed by atoms with E-state index in [1.165, 1.54) is 17.0 Å². The Morgan fingerprint density at radius 3 is 2.38 bits per heavy atom. The summed E-state index contributed by atoms with van der Waals surface area (Å²) in [6, 6.07) is 8.44. The van der Waals surface area contributed by atoms with Crippen LogP contribution in [0, 0.1) is 19.7 Å². The second-order valence-electron chi connectivity index (χ2n) is 10.2. The van der Waals surface area contributed by atoms with E-state index in [9.17, 15) is 18.8 Å². The van der Waals surface area contributed by atoms with E-state index in [4.69, 9.17) is 21.1 Å². The summed E-state index contributed by atoms with van der Waals surface area (Å²) < 4.78 is 24.5. The van der Waals surface area contributed by atoms with Gasteiger partial charge in [0.25, 0.3) is 5.91 Å². The lowest BCUT2D eigenvalue weighted by Gasteiger charge is -2.39. The predicted molar refractivity (Wildman–Crippen MR) is 139 cm³/mol. The van der Waals surface area contributed by atoms with E-state index < -0.39 is 35.5 Å². The zero-order chi connectivity index (χ0) is 27.3. The van der Waals surface area contributed by atoms with Gasteiger partial charge in [-0.2, -0.15) is 0 Å². The second kappa shape index (κ2) is 11.8. The highest BCUT2D eigenvalue weighted by Crippen LogP contribution is 2.24. The highest BCUT2D eigenvalue weighted by molar-refractivity contribution is 6.30. The number of piperidine rings is 1. The van der Waals surface area contributed by atoms with Crippen LogP contribution in [0.3, 0.4) is 0 Å². The number of aryl methyl sites for hydroxylation is 2. The molecule has 200 valence electrons. The Morgan fingerprint density at radius 2 is 1.76 bits per heavy atom. The standard InChI is InChI=1S/C27H33ClFN3O5/c1-16-10-17(2)12-19(11-16)31-25(34)23-9-6-18(14-32(23)26(35)37-27(3,4)5)30-24(33)15-36-20-7-8-21(28)22(29)13-20/h7-8,10-13,18,23H,6,9,14-15H2,1-5H3,(H,30,33)(H,31,34)/t18?,23-/m0/s1. The number of rotatable bonds is 6. The third-order valence-electron chi connectivity index (χ3n) is 5.63. The van der Waals surface area contributed by atoms with Crippen molar-refractivity contribution in [3.63, 3.8) is 0 Å². The molecule has 1 saturated heterocycles. The van der Waals surface area contributed by atoms with Crippen molar-refractivity contribution >= 4 is 35.2 Å². The fourth-order valence-electron chi connectivity index (χ4n) is 4.14. The van der Waals surface area contributed by atoms with Gasteiger partial charge in [0.2, 0.25) is 5.91 Å². The lowest BCUT2D eigenvalue weighted by atomic mass is 9.97. The van der Waals surface area contributed by atoms with Crippen molar-refractivity contribution in [3.8, 4) is 5.75 Å². The van der Waals surface area contributed by atoms with Crippen molar-refractivity contribution in [3.05, 3.63) is 58.4 Å². The van der Waals surface area contributed by atoms with E-state index in [1.54, 1.807) is 20.8 Å². The van der Waals surface area contributed by atoms with E-state index in [-0.39, 0.29) is 29.8 Å². The number of ether oxygens (including phenoxy) is 2. The summed E-state index contributed by atoms with van der Waals surface area (Å²) in [7, 11) is 0. The predicted octanol–water partition coefficient (Wildman–Crippen LogP) is 5.00. The fourth-order valence-corrected chi connectivity index (χ4v) is 4.26. The largest absolute Gasteiger partial charge is 0.484 e. The number of nitrogens with zero attached hydrogens (tertiary/aromatic N) is 1. The monoisotopic (exact) mass is 533 g/mol. The molecule has 0 spiro atoms. The third kappa shape index (κ3) is 8.35. The van der Waals surface area contributed by atoms with Crippen LogP contribution in [-0.2, 0) is 14.3 Å². The van der Waals surface area contributed by atoms with E-state index >= 15 is 0 Å². The van der Waals surface area contributed by atoms with Gasteiger partial charge in [-0.1, -0.05) is 17.7 Å². The average molecular weight is 534 g/mol. The van der Waals surface area contributed by atoms with E-state index in [2.05, 4.69) is 10.6 Å². The van der Waals surface area contributed by atoms with Crippen LogP contribution in [0.5, 0.6) is 5.75 Å². The van der Waals surface area contributed by atoms with Crippen molar-refractivity contribution in [2.45, 2.75) is 65.1 Å². The molecule has 2 atom stereocenters. The highest BCUT2D eigenvalue weighted by atomic mass is 35.5. The quantitative estimate of drug-likeness (QED) is 0.545. The first kappa shape index (κ1) is 28.2. The lowest BCUT2D eigenvalue weighted by molar-refractivity contribution is -0.125. The van der Waals surface area contributed by atoms with E-state index in [0.717, 1.165) is 17.2 Å². The molecule has 0 radical (unpaired) electrons. The molecule has 1 aliphatic rings. The summed E-state index contributed by atoms with van der Waals surface area (Å²) >= 11 is 5.66. The van der Waals surface area contributed by atoms with Crippen LogP contribution in [0.1, 0.15) is 44.7 Å². The van der Waals surface area contributed by atoms with Gasteiger partial charge >= 0.3 is 6.09 Å². The van der Waals surface area contributed by atoms with Gasteiger partial charge in [0, 0.05) is 24.3 Å². The minimum Gasteiger partial charge on any atom is -0.484 e. The van der Waals surface area contributed by atoms with Crippen molar-refractivity contribution in [1.82, 2.24) is 10.2 Å². The van der Waals surface area contributed by atoms with Crippen molar-refractivity contribution in [2.75, 3.05) is 18.5 Å². The number of hydrogen-bond donors (Lipinski definition) is 2. The summed E-state index contributed by atoms with van der Waals surface area (Å²) in [6.07, 6.45) is 0.148. The Hall–Kier alpha value is -3.33. The summed E-state index contributed by atoms with van der Waals surface area (Å²) in [5.74, 6) is -1.25. The molecule has 1 aliphatic heterocycles. The molecule has 3 amide bonds. The molecule has 1 unspecified atom stereocenters. The molecule has 2 aromatic rings. The topological polar surface area (TPSA) is 97.0 Å². The summed E-state index contributed by atoms with van der Waals surface area (Å²) in [6.45, 7) is 8.86. The lowest BCUT2D eigenvalue weighted by Crippen LogP contribution is -2.58. The number of nitrogens with one attached hydrogen (secondary N) is 2. The Kier molecular flexibility index (Phi) is 9.02. The van der Waals surface area contributed by atoms with Crippen LogP contribution < -0.4 is 15.4 Å². The summed E-state index contributed by atoms with van der Waals surface area (Å²) in [5.41, 5.74) is 1.91. The summed E-state index contributed by atoms with van der Waals surface area (Å²) in [5, 5.41) is 5.69. The van der Waals surface area contributed by atoms with Gasteiger partial charge in [0.15, 0.2) is 6.61 Å². The number of benzene rings is 2. The van der Waals surface area contributed by atoms with Crippen molar-refractivity contribution in [2.24, 2.45) is 0 Å². The molecule has 1 heterocycles. The molecule has 2 N–H and O–H groups in total. The normalized spacial score (nSPS) is 17.6. The molecule has 10 heteroatoms. The molecule has 1 fully saturated rings. The molecule has 0 bridgehead atoms. The Labute approximate surface area is 221 Å². The number of anilines is 1. The van der Waals surface area contributed by atoms with Gasteiger partial charge in [-0.05, 0) is 82.9 Å². The van der Waals surface area contributed by atoms with Crippen LogP contribution in [0.25, 0.3) is 0 Å². The maximum absolute atomic E-state index is 13.6. The summed E-state index contributed by atoms with van der Waals surface area (Å²) in [4.78, 5) is 40.1. The number of amides is 3. The second-order valence-corrected chi connectivity index (χ2v) is 10.6. The SMILES string of the molecule is Cc1cc(C)cc(NC(=O)[C@@H]2CCC(NC(=O)COc3ccc(Cl)c(F)c3)CN2C(=O)OC(C)(C)C)c1. The molecule has 0 saturated carbocycles. The van der Waals surface area contributed by atoms with Crippen LogP contribution >= 0.6 is 11.6 Å². The Balaban J connectivity index is 1.66. The number of hydrogen-bond acceptors (Lipinski definition) is 5. The van der Waals surface area contributed by atoms with Gasteiger partial charge in [0.1, 0.15) is 23.2 Å². The molecule has 8 nitrogen and oxygen atoms in total. The number of likely N-dealkylation sites (tertiary alicyclic amines) is 1. The average Bonchev–Trinajstić information content (AvgIpc) is 2.78. The Bertz CT molecular complexity index is 1150. The van der Waals surface area contributed by atoms with Crippen LogP contribution in [0.15, 0.2) is 36.4 Å². The van der Waals surface area contributed by atoms with E-state index in [1.807, 2.05) is 32.0 Å². The molecule has 0 aromatic heterocycles. The molecular weight excluding hydrogens is 501 g/mol. The van der Waals surface area contributed by atoms with Gasteiger partial charge in [-0.15, -0.1) is 0 Å². The van der Waals surface area contributed by atoms with Crippen molar-refractivity contribution in [1.29, 1.82) is 0 Å². The molecule has 37 heavy (non-hydrogen) atoms. The molecule has 0 aliphatic carbocycles. The minimum absolute atomic E-state index is 0.0441. The fraction of sp³-hybridized carbons (Fsp3) is 0.444. The molecule has 2 aromatic carbocycles. The zero-order valence-corrected chi connectivity index (χ0v) is 22.4. The van der Waals surface area contributed by atoms with Gasteiger partial charge < -0.3 is 20.1 Å². The molecular formula is C27H33ClFN3O5. The van der Waals surface area contributed by atoms with Crippen LogP contribution in [0.4, 0.5) is 14.9 Å². The van der Waals surface area contributed by atoms with Crippen molar-refractivity contribution < 1.29 is 28.2 Å². The number of carbonyl (C=O) groups excluding carboxylic acids is 3. The zero-order valence-electron chi connectivity index (χ0n) is 21.7. The number of carbonyl (C=O) groups is 3. The Morgan fingerprint density at radius 1 is 1.08 bits per heavy atom. The smallest absolute Gasteiger partial charge is 0.411 e. The van der Waals surface area contributed by atoms with Crippen LogP contribution in [0.2, 0.25) is 5.02 Å². The first-order chi connectivity index (χ1) is 17.3. The maximum Gasteiger partial charge on any atom is 0.411 e. The van der Waals surface area contributed by atoms with Gasteiger partial charge in [-0.3, -0.25) is 14.5 Å².